The highest BCUT2D eigenvalue weighted by Gasteiger charge is 2.22. The smallest absolute Gasteiger partial charge is 0.221 e. The molecule has 0 aliphatic heterocycles. The van der Waals surface area contributed by atoms with Crippen LogP contribution in [0.4, 0.5) is 5.13 Å². The Balaban J connectivity index is 1.55. The van der Waals surface area contributed by atoms with E-state index >= 15 is 0 Å². The van der Waals surface area contributed by atoms with Gasteiger partial charge >= 0.3 is 0 Å². The first kappa shape index (κ1) is 13.2. The van der Waals surface area contributed by atoms with E-state index in [0.29, 0.717) is 19.0 Å². The Labute approximate surface area is 121 Å². The summed E-state index contributed by atoms with van der Waals surface area (Å²) in [6, 6.07) is 6.24. The maximum atomic E-state index is 11.6. The van der Waals surface area contributed by atoms with Gasteiger partial charge in [0.15, 0.2) is 5.13 Å². The molecule has 1 aromatic carbocycles. The second-order valence-corrected chi connectivity index (χ2v) is 5.90. The molecule has 2 N–H and O–H groups in total. The average molecular weight is 291 g/mol. The van der Waals surface area contributed by atoms with Crippen molar-refractivity contribution in [3.8, 4) is 5.75 Å². The number of aromatic nitrogens is 1. The Bertz CT molecular complexity index is 622. The molecule has 20 heavy (non-hydrogen) atoms. The molecule has 0 atom stereocenters. The van der Waals surface area contributed by atoms with Crippen LogP contribution in [-0.4, -0.2) is 30.6 Å². The summed E-state index contributed by atoms with van der Waals surface area (Å²) >= 11 is 1.57. The number of anilines is 1. The van der Waals surface area contributed by atoms with Crippen LogP contribution in [0.5, 0.6) is 5.75 Å². The van der Waals surface area contributed by atoms with E-state index in [1.807, 2.05) is 18.2 Å². The summed E-state index contributed by atoms with van der Waals surface area (Å²) in [5.41, 5.74) is 0.945. The van der Waals surface area contributed by atoms with Crippen LogP contribution in [0.2, 0.25) is 0 Å². The van der Waals surface area contributed by atoms with Gasteiger partial charge < -0.3 is 15.4 Å². The summed E-state index contributed by atoms with van der Waals surface area (Å²) < 4.78 is 6.27. The standard InChI is InChI=1S/C14H17N3O2S/c1-19-10-4-5-11-12(8-10)20-14(17-11)15-7-6-13(18)16-9-2-3-9/h4-5,8-9H,2-3,6-7H2,1H3,(H,15,17)(H,16,18). The van der Waals surface area contributed by atoms with Gasteiger partial charge in [0.25, 0.3) is 0 Å². The molecule has 1 aromatic heterocycles. The van der Waals surface area contributed by atoms with Crippen LogP contribution in [0.25, 0.3) is 10.2 Å². The quantitative estimate of drug-likeness (QED) is 0.858. The molecule has 0 bridgehead atoms. The summed E-state index contributed by atoms with van der Waals surface area (Å²) in [4.78, 5) is 16.0. The fraction of sp³-hybridized carbons (Fsp3) is 0.429. The lowest BCUT2D eigenvalue weighted by Gasteiger charge is -2.03. The van der Waals surface area contributed by atoms with Crippen molar-refractivity contribution in [2.75, 3.05) is 19.0 Å². The van der Waals surface area contributed by atoms with Gasteiger partial charge in [0.05, 0.1) is 17.3 Å². The number of carbonyl (C=O) groups is 1. The van der Waals surface area contributed by atoms with Crippen LogP contribution in [0.3, 0.4) is 0 Å². The van der Waals surface area contributed by atoms with Crippen molar-refractivity contribution in [2.45, 2.75) is 25.3 Å². The molecule has 0 spiro atoms. The van der Waals surface area contributed by atoms with Gasteiger partial charge in [0, 0.05) is 19.0 Å². The van der Waals surface area contributed by atoms with Crippen LogP contribution >= 0.6 is 11.3 Å². The van der Waals surface area contributed by atoms with Crippen molar-refractivity contribution < 1.29 is 9.53 Å². The zero-order chi connectivity index (χ0) is 13.9. The van der Waals surface area contributed by atoms with E-state index < -0.39 is 0 Å². The third-order valence-corrected chi connectivity index (χ3v) is 4.14. The third-order valence-electron chi connectivity index (χ3n) is 3.17. The molecule has 1 aliphatic rings. The molecule has 6 heteroatoms. The molecule has 0 radical (unpaired) electrons. The van der Waals surface area contributed by atoms with Crippen LogP contribution in [0.1, 0.15) is 19.3 Å². The molecule has 106 valence electrons. The minimum absolute atomic E-state index is 0.114. The van der Waals surface area contributed by atoms with Gasteiger partial charge in [0.1, 0.15) is 5.75 Å². The van der Waals surface area contributed by atoms with Crippen LogP contribution in [-0.2, 0) is 4.79 Å². The molecule has 1 saturated carbocycles. The van der Waals surface area contributed by atoms with E-state index in [-0.39, 0.29) is 5.91 Å². The number of ether oxygens (including phenoxy) is 1. The topological polar surface area (TPSA) is 63.2 Å². The van der Waals surface area contributed by atoms with Crippen LogP contribution in [0, 0.1) is 0 Å². The highest BCUT2D eigenvalue weighted by atomic mass is 32.1. The Morgan fingerprint density at radius 3 is 3.10 bits per heavy atom. The zero-order valence-corrected chi connectivity index (χ0v) is 12.1. The summed E-state index contributed by atoms with van der Waals surface area (Å²) in [7, 11) is 1.65. The summed E-state index contributed by atoms with van der Waals surface area (Å²) in [6.45, 7) is 0.607. The SMILES string of the molecule is COc1ccc2nc(NCCC(=O)NC3CC3)sc2c1. The first-order valence-corrected chi connectivity index (χ1v) is 7.54. The second kappa shape index (κ2) is 5.66. The summed E-state index contributed by atoms with van der Waals surface area (Å²) in [5, 5.41) is 7.01. The lowest BCUT2D eigenvalue weighted by molar-refractivity contribution is -0.120. The lowest BCUT2D eigenvalue weighted by Crippen LogP contribution is -2.27. The second-order valence-electron chi connectivity index (χ2n) is 4.87. The van der Waals surface area contributed by atoms with Gasteiger partial charge in [-0.15, -0.1) is 0 Å². The number of methoxy groups -OCH3 is 1. The van der Waals surface area contributed by atoms with Gasteiger partial charge in [0.2, 0.25) is 5.91 Å². The van der Waals surface area contributed by atoms with E-state index in [9.17, 15) is 4.79 Å². The molecule has 3 rings (SSSR count). The number of rotatable bonds is 6. The van der Waals surface area contributed by atoms with E-state index in [1.54, 1.807) is 18.4 Å². The summed E-state index contributed by atoms with van der Waals surface area (Å²) in [6.07, 6.45) is 2.73. The molecule has 0 unspecified atom stereocenters. The van der Waals surface area contributed by atoms with Gasteiger partial charge in [-0.3, -0.25) is 4.79 Å². The Hall–Kier alpha value is -1.82. The molecular weight excluding hydrogens is 274 g/mol. The van der Waals surface area contributed by atoms with Crippen molar-refractivity contribution in [2.24, 2.45) is 0 Å². The van der Waals surface area contributed by atoms with Gasteiger partial charge in [-0.1, -0.05) is 11.3 Å². The van der Waals surface area contributed by atoms with Crippen molar-refractivity contribution in [1.82, 2.24) is 10.3 Å². The highest BCUT2D eigenvalue weighted by Crippen LogP contribution is 2.29. The fourth-order valence-electron chi connectivity index (χ4n) is 1.92. The predicted molar refractivity (Wildman–Crippen MR) is 80.4 cm³/mol. The third kappa shape index (κ3) is 3.19. The Kier molecular flexibility index (Phi) is 3.73. The number of hydrogen-bond donors (Lipinski definition) is 2. The number of amides is 1. The normalized spacial score (nSPS) is 14.2. The monoisotopic (exact) mass is 291 g/mol. The van der Waals surface area contributed by atoms with Gasteiger partial charge in [-0.25, -0.2) is 4.98 Å². The first-order valence-electron chi connectivity index (χ1n) is 6.72. The zero-order valence-electron chi connectivity index (χ0n) is 11.3. The molecule has 1 fully saturated rings. The van der Waals surface area contributed by atoms with E-state index in [1.165, 1.54) is 0 Å². The number of nitrogens with one attached hydrogen (secondary N) is 2. The highest BCUT2D eigenvalue weighted by molar-refractivity contribution is 7.22. The summed E-state index contributed by atoms with van der Waals surface area (Å²) in [5.74, 6) is 0.944. The number of fused-ring (bicyclic) bond motifs is 1. The number of nitrogens with zero attached hydrogens (tertiary/aromatic N) is 1. The fourth-order valence-corrected chi connectivity index (χ4v) is 2.84. The van der Waals surface area contributed by atoms with Gasteiger partial charge in [-0.2, -0.15) is 0 Å². The number of benzene rings is 1. The maximum absolute atomic E-state index is 11.6. The van der Waals surface area contributed by atoms with Crippen molar-refractivity contribution in [1.29, 1.82) is 0 Å². The van der Waals surface area contributed by atoms with Gasteiger partial charge in [-0.05, 0) is 31.0 Å². The van der Waals surface area contributed by atoms with E-state index in [2.05, 4.69) is 15.6 Å². The van der Waals surface area contributed by atoms with E-state index in [0.717, 1.165) is 33.9 Å². The largest absolute Gasteiger partial charge is 0.497 e. The molecule has 1 heterocycles. The van der Waals surface area contributed by atoms with E-state index in [4.69, 9.17) is 4.74 Å². The minimum atomic E-state index is 0.114. The first-order chi connectivity index (χ1) is 9.74. The number of carbonyl (C=O) groups excluding carboxylic acids is 1. The van der Waals surface area contributed by atoms with Crippen molar-refractivity contribution >= 4 is 32.6 Å². The molecule has 1 amide bonds. The molecule has 5 nitrogen and oxygen atoms in total. The van der Waals surface area contributed by atoms with Crippen molar-refractivity contribution in [3.63, 3.8) is 0 Å². The number of thiazole rings is 1. The molecule has 2 aromatic rings. The maximum Gasteiger partial charge on any atom is 0.221 e. The predicted octanol–water partition coefficient (Wildman–Crippen LogP) is 2.39. The molecule has 0 saturated heterocycles. The number of hydrogen-bond acceptors (Lipinski definition) is 5. The van der Waals surface area contributed by atoms with Crippen LogP contribution in [0.15, 0.2) is 18.2 Å². The lowest BCUT2D eigenvalue weighted by atomic mass is 10.3. The van der Waals surface area contributed by atoms with Crippen molar-refractivity contribution in [3.05, 3.63) is 18.2 Å². The minimum Gasteiger partial charge on any atom is -0.497 e. The Morgan fingerprint density at radius 1 is 1.50 bits per heavy atom. The average Bonchev–Trinajstić information content (AvgIpc) is 3.15. The molecule has 1 aliphatic carbocycles. The Morgan fingerprint density at radius 2 is 2.35 bits per heavy atom. The molecular formula is C14H17N3O2S. The van der Waals surface area contributed by atoms with Crippen LogP contribution < -0.4 is 15.4 Å².